The Morgan fingerprint density at radius 3 is 2.55 bits per heavy atom. The first kappa shape index (κ1) is 7.60. The van der Waals surface area contributed by atoms with E-state index in [1.54, 1.807) is 0 Å². The van der Waals surface area contributed by atoms with Crippen LogP contribution in [0.25, 0.3) is 0 Å². The summed E-state index contributed by atoms with van der Waals surface area (Å²) in [6.45, 7) is 2.39. The van der Waals surface area contributed by atoms with Crippen molar-refractivity contribution in [2.45, 2.75) is 45.1 Å². The van der Waals surface area contributed by atoms with E-state index in [1.807, 2.05) is 0 Å². The van der Waals surface area contributed by atoms with Crippen LogP contribution < -0.4 is 5.73 Å². The van der Waals surface area contributed by atoms with Crippen molar-refractivity contribution in [3.63, 3.8) is 0 Å². The molecule has 2 rings (SSSR count). The highest BCUT2D eigenvalue weighted by Crippen LogP contribution is 2.43. The lowest BCUT2D eigenvalue weighted by atomic mass is 9.77. The lowest BCUT2D eigenvalue weighted by Crippen LogP contribution is -2.18. The fraction of sp³-hybridized carbons (Fsp3) is 1.00. The van der Waals surface area contributed by atoms with Crippen molar-refractivity contribution < 1.29 is 0 Å². The molecular weight excluding hydrogens is 134 g/mol. The van der Waals surface area contributed by atoms with Crippen molar-refractivity contribution in [2.24, 2.45) is 23.5 Å². The van der Waals surface area contributed by atoms with Gasteiger partial charge >= 0.3 is 0 Å². The summed E-state index contributed by atoms with van der Waals surface area (Å²) in [5.74, 6) is 2.97. The van der Waals surface area contributed by atoms with Crippen LogP contribution in [0.3, 0.4) is 0 Å². The van der Waals surface area contributed by atoms with Crippen LogP contribution in [-0.4, -0.2) is 6.04 Å². The quantitative estimate of drug-likeness (QED) is 0.567. The first-order valence-corrected chi connectivity index (χ1v) is 5.01. The van der Waals surface area contributed by atoms with Gasteiger partial charge in [0.15, 0.2) is 0 Å². The summed E-state index contributed by atoms with van der Waals surface area (Å²) in [4.78, 5) is 0. The normalized spacial score (nSPS) is 50.7. The van der Waals surface area contributed by atoms with Crippen molar-refractivity contribution in [1.82, 2.24) is 0 Å². The van der Waals surface area contributed by atoms with Gasteiger partial charge in [-0.1, -0.05) is 13.3 Å². The van der Waals surface area contributed by atoms with Crippen LogP contribution in [0.1, 0.15) is 39.0 Å². The number of hydrogen-bond donors (Lipinski definition) is 1. The molecule has 0 amide bonds. The van der Waals surface area contributed by atoms with Gasteiger partial charge < -0.3 is 5.73 Å². The lowest BCUT2D eigenvalue weighted by molar-refractivity contribution is 0.220. The van der Waals surface area contributed by atoms with E-state index in [0.717, 1.165) is 17.8 Å². The Balaban J connectivity index is 1.97. The zero-order valence-corrected chi connectivity index (χ0v) is 7.42. The van der Waals surface area contributed by atoms with Gasteiger partial charge in [-0.15, -0.1) is 0 Å². The molecule has 0 aromatic carbocycles. The molecule has 0 aliphatic heterocycles. The van der Waals surface area contributed by atoms with Crippen molar-refractivity contribution in [2.75, 3.05) is 0 Å². The fourth-order valence-corrected chi connectivity index (χ4v) is 3.03. The molecule has 2 aliphatic carbocycles. The summed E-state index contributed by atoms with van der Waals surface area (Å²) in [6, 6.07) is 0.537. The Morgan fingerprint density at radius 1 is 1.00 bits per heavy atom. The fourth-order valence-electron chi connectivity index (χ4n) is 3.03. The Labute approximate surface area is 69.4 Å². The van der Waals surface area contributed by atoms with Gasteiger partial charge in [0.2, 0.25) is 0 Å². The third kappa shape index (κ3) is 1.44. The highest BCUT2D eigenvalue weighted by atomic mass is 14.7. The zero-order chi connectivity index (χ0) is 7.84. The van der Waals surface area contributed by atoms with E-state index < -0.39 is 0 Å². The Morgan fingerprint density at radius 2 is 1.73 bits per heavy atom. The van der Waals surface area contributed by atoms with Crippen molar-refractivity contribution >= 4 is 0 Å². The second-order valence-corrected chi connectivity index (χ2v) is 4.67. The molecule has 0 aromatic heterocycles. The molecule has 2 aliphatic rings. The number of nitrogens with two attached hydrogens (primary N) is 1. The molecule has 1 nitrogen and oxygen atoms in total. The standard InChI is InChI=1S/C10H19N/c1-7-2-3-8-5-10(11)6-9(8)4-7/h7-10H,2-6,11H2,1H3. The summed E-state index contributed by atoms with van der Waals surface area (Å²) < 4.78 is 0. The molecule has 0 bridgehead atoms. The topological polar surface area (TPSA) is 26.0 Å². The monoisotopic (exact) mass is 153 g/mol. The molecule has 4 unspecified atom stereocenters. The second-order valence-electron chi connectivity index (χ2n) is 4.67. The SMILES string of the molecule is CC1CCC2CC(N)CC2C1. The number of hydrogen-bond acceptors (Lipinski definition) is 1. The van der Waals surface area contributed by atoms with Crippen molar-refractivity contribution in [3.8, 4) is 0 Å². The maximum Gasteiger partial charge on any atom is 0.00443 e. The molecule has 0 aromatic rings. The van der Waals surface area contributed by atoms with Crippen LogP contribution in [0, 0.1) is 17.8 Å². The highest BCUT2D eigenvalue weighted by molar-refractivity contribution is 4.89. The van der Waals surface area contributed by atoms with Gasteiger partial charge in [-0.25, -0.2) is 0 Å². The third-order valence-electron chi connectivity index (χ3n) is 3.61. The first-order chi connectivity index (χ1) is 5.25. The minimum absolute atomic E-state index is 0.537. The van der Waals surface area contributed by atoms with E-state index in [0.29, 0.717) is 6.04 Å². The molecule has 0 spiro atoms. The Bertz CT molecular complexity index is 144. The van der Waals surface area contributed by atoms with E-state index in [1.165, 1.54) is 32.1 Å². The van der Waals surface area contributed by atoms with E-state index in [-0.39, 0.29) is 0 Å². The predicted molar refractivity (Wildman–Crippen MR) is 47.2 cm³/mol. The van der Waals surface area contributed by atoms with Gasteiger partial charge in [0.1, 0.15) is 0 Å². The lowest BCUT2D eigenvalue weighted by Gasteiger charge is -2.29. The molecule has 0 saturated heterocycles. The van der Waals surface area contributed by atoms with Crippen LogP contribution in [0.15, 0.2) is 0 Å². The van der Waals surface area contributed by atoms with E-state index in [4.69, 9.17) is 5.73 Å². The van der Waals surface area contributed by atoms with Crippen LogP contribution >= 0.6 is 0 Å². The average molecular weight is 153 g/mol. The highest BCUT2D eigenvalue weighted by Gasteiger charge is 2.35. The van der Waals surface area contributed by atoms with Gasteiger partial charge in [-0.3, -0.25) is 0 Å². The maximum absolute atomic E-state index is 5.94. The number of rotatable bonds is 0. The average Bonchev–Trinajstić information content (AvgIpc) is 2.27. The summed E-state index contributed by atoms with van der Waals surface area (Å²) in [7, 11) is 0. The molecule has 2 saturated carbocycles. The minimum Gasteiger partial charge on any atom is -0.328 e. The summed E-state index contributed by atoms with van der Waals surface area (Å²) in [5.41, 5.74) is 5.94. The van der Waals surface area contributed by atoms with Gasteiger partial charge in [0, 0.05) is 6.04 Å². The number of fused-ring (bicyclic) bond motifs is 1. The zero-order valence-electron chi connectivity index (χ0n) is 7.42. The van der Waals surface area contributed by atoms with Crippen LogP contribution in [0.4, 0.5) is 0 Å². The predicted octanol–water partition coefficient (Wildman–Crippen LogP) is 2.16. The minimum atomic E-state index is 0.537. The van der Waals surface area contributed by atoms with Gasteiger partial charge in [-0.05, 0) is 43.4 Å². The first-order valence-electron chi connectivity index (χ1n) is 5.01. The van der Waals surface area contributed by atoms with Crippen LogP contribution in [0.2, 0.25) is 0 Å². The van der Waals surface area contributed by atoms with Crippen molar-refractivity contribution in [3.05, 3.63) is 0 Å². The molecule has 2 N–H and O–H groups in total. The van der Waals surface area contributed by atoms with Crippen molar-refractivity contribution in [1.29, 1.82) is 0 Å². The summed E-state index contributed by atoms with van der Waals surface area (Å²) in [5, 5.41) is 0. The molecule has 0 radical (unpaired) electrons. The molecule has 11 heavy (non-hydrogen) atoms. The molecule has 1 heteroatoms. The van der Waals surface area contributed by atoms with Gasteiger partial charge in [0.25, 0.3) is 0 Å². The van der Waals surface area contributed by atoms with E-state index in [9.17, 15) is 0 Å². The van der Waals surface area contributed by atoms with Gasteiger partial charge in [-0.2, -0.15) is 0 Å². The Kier molecular flexibility index (Phi) is 1.92. The summed E-state index contributed by atoms with van der Waals surface area (Å²) in [6.07, 6.45) is 7.00. The smallest absolute Gasteiger partial charge is 0.00443 e. The maximum atomic E-state index is 5.94. The van der Waals surface area contributed by atoms with E-state index >= 15 is 0 Å². The second kappa shape index (κ2) is 2.78. The molecule has 64 valence electrons. The van der Waals surface area contributed by atoms with E-state index in [2.05, 4.69) is 6.92 Å². The third-order valence-corrected chi connectivity index (χ3v) is 3.61. The molecule has 4 atom stereocenters. The summed E-state index contributed by atoms with van der Waals surface area (Å²) >= 11 is 0. The Hall–Kier alpha value is -0.0400. The van der Waals surface area contributed by atoms with Crippen LogP contribution in [-0.2, 0) is 0 Å². The molecule has 2 fully saturated rings. The molecular formula is C10H19N. The van der Waals surface area contributed by atoms with Crippen LogP contribution in [0.5, 0.6) is 0 Å². The molecule has 0 heterocycles. The largest absolute Gasteiger partial charge is 0.328 e. The van der Waals surface area contributed by atoms with Gasteiger partial charge in [0.05, 0.1) is 0 Å².